The lowest BCUT2D eigenvalue weighted by Crippen LogP contribution is -2.12. The summed E-state index contributed by atoms with van der Waals surface area (Å²) in [5.41, 5.74) is 2.37. The zero-order chi connectivity index (χ0) is 13.8. The van der Waals surface area contributed by atoms with Crippen LogP contribution in [0.15, 0.2) is 61.1 Å². The van der Waals surface area contributed by atoms with E-state index in [1.54, 1.807) is 30.7 Å². The van der Waals surface area contributed by atoms with Gasteiger partial charge in [0.2, 0.25) is 0 Å². The quantitative estimate of drug-likeness (QED) is 0.764. The topological polar surface area (TPSA) is 70.7 Å². The molecule has 3 rings (SSSR count). The van der Waals surface area contributed by atoms with E-state index < -0.39 is 0 Å². The highest BCUT2D eigenvalue weighted by atomic mass is 16.1. The molecule has 5 heteroatoms. The number of rotatable bonds is 3. The average Bonchev–Trinajstić information content (AvgIpc) is 2.97. The van der Waals surface area contributed by atoms with Gasteiger partial charge in [-0.3, -0.25) is 14.9 Å². The van der Waals surface area contributed by atoms with Gasteiger partial charge in [-0.05, 0) is 29.8 Å². The predicted octanol–water partition coefficient (Wildman–Crippen LogP) is 2.72. The van der Waals surface area contributed by atoms with Crippen LogP contribution in [0.3, 0.4) is 0 Å². The van der Waals surface area contributed by atoms with Crippen molar-refractivity contribution in [1.29, 1.82) is 0 Å². The van der Waals surface area contributed by atoms with E-state index in [1.807, 2.05) is 30.3 Å². The number of hydrogen-bond acceptors (Lipinski definition) is 3. The van der Waals surface area contributed by atoms with Crippen LogP contribution in [0.2, 0.25) is 0 Å². The fourth-order valence-electron chi connectivity index (χ4n) is 1.91. The molecule has 1 amide bonds. The molecule has 0 saturated carbocycles. The molecule has 1 aromatic carbocycles. The largest absolute Gasteiger partial charge is 0.306 e. The van der Waals surface area contributed by atoms with Crippen molar-refractivity contribution in [3.63, 3.8) is 0 Å². The molecule has 0 unspecified atom stereocenters. The van der Waals surface area contributed by atoms with Crippen LogP contribution < -0.4 is 5.32 Å². The molecular weight excluding hydrogens is 252 g/mol. The highest BCUT2D eigenvalue weighted by Crippen LogP contribution is 2.25. The van der Waals surface area contributed by atoms with E-state index in [0.29, 0.717) is 11.4 Å². The van der Waals surface area contributed by atoms with Crippen LogP contribution in [-0.4, -0.2) is 21.1 Å². The fourth-order valence-corrected chi connectivity index (χ4v) is 1.91. The van der Waals surface area contributed by atoms with E-state index in [2.05, 4.69) is 20.5 Å². The van der Waals surface area contributed by atoms with Crippen molar-refractivity contribution >= 4 is 11.7 Å². The Morgan fingerprint density at radius 1 is 1.05 bits per heavy atom. The third-order valence-electron chi connectivity index (χ3n) is 2.91. The van der Waals surface area contributed by atoms with Crippen LogP contribution in [0.4, 0.5) is 5.82 Å². The monoisotopic (exact) mass is 264 g/mol. The molecule has 0 radical (unpaired) electrons. The summed E-state index contributed by atoms with van der Waals surface area (Å²) in [5, 5.41) is 9.62. The first-order valence-electron chi connectivity index (χ1n) is 6.15. The molecule has 0 spiro atoms. The molecule has 2 aromatic heterocycles. The molecule has 0 saturated heterocycles. The number of carbonyl (C=O) groups is 1. The molecule has 2 heterocycles. The molecule has 5 nitrogen and oxygen atoms in total. The zero-order valence-electron chi connectivity index (χ0n) is 10.6. The third kappa shape index (κ3) is 2.42. The normalized spacial score (nSPS) is 10.2. The molecule has 0 fully saturated rings. The van der Waals surface area contributed by atoms with Gasteiger partial charge in [-0.25, -0.2) is 0 Å². The standard InChI is InChI=1S/C15H12N4O/c20-15(12-4-2-1-3-5-12)18-14-13(10-17-19-14)11-6-8-16-9-7-11/h1-10H,(H2,17,18,19,20). The van der Waals surface area contributed by atoms with Gasteiger partial charge in [0.25, 0.3) is 5.91 Å². The Labute approximate surface area is 115 Å². The number of benzene rings is 1. The maximum Gasteiger partial charge on any atom is 0.256 e. The Bertz CT molecular complexity index is 707. The maximum absolute atomic E-state index is 12.1. The minimum atomic E-state index is -0.176. The van der Waals surface area contributed by atoms with Crippen molar-refractivity contribution < 1.29 is 4.79 Å². The molecule has 0 bridgehead atoms. The number of H-pyrrole nitrogens is 1. The maximum atomic E-state index is 12.1. The van der Waals surface area contributed by atoms with Gasteiger partial charge in [0.15, 0.2) is 0 Å². The smallest absolute Gasteiger partial charge is 0.256 e. The Kier molecular flexibility index (Phi) is 3.24. The van der Waals surface area contributed by atoms with E-state index >= 15 is 0 Å². The third-order valence-corrected chi connectivity index (χ3v) is 2.91. The zero-order valence-corrected chi connectivity index (χ0v) is 10.6. The number of nitrogens with zero attached hydrogens (tertiary/aromatic N) is 2. The van der Waals surface area contributed by atoms with Crippen molar-refractivity contribution in [3.8, 4) is 11.1 Å². The number of pyridine rings is 1. The molecule has 0 aliphatic heterocycles. The van der Waals surface area contributed by atoms with Crippen molar-refractivity contribution in [2.45, 2.75) is 0 Å². The first-order chi connectivity index (χ1) is 9.84. The molecule has 0 atom stereocenters. The molecule has 0 aliphatic carbocycles. The van der Waals surface area contributed by atoms with Crippen molar-refractivity contribution in [2.75, 3.05) is 5.32 Å². The summed E-state index contributed by atoms with van der Waals surface area (Å²) in [4.78, 5) is 16.1. The summed E-state index contributed by atoms with van der Waals surface area (Å²) in [5.74, 6) is 0.398. The second kappa shape index (κ2) is 5.36. The van der Waals surface area contributed by atoms with Gasteiger partial charge in [0, 0.05) is 23.5 Å². The van der Waals surface area contributed by atoms with Crippen LogP contribution >= 0.6 is 0 Å². The minimum Gasteiger partial charge on any atom is -0.306 e. The number of hydrogen-bond donors (Lipinski definition) is 2. The van der Waals surface area contributed by atoms with Gasteiger partial charge in [-0.15, -0.1) is 0 Å². The summed E-state index contributed by atoms with van der Waals surface area (Å²) >= 11 is 0. The number of anilines is 1. The van der Waals surface area contributed by atoms with Crippen molar-refractivity contribution in [3.05, 3.63) is 66.6 Å². The molecule has 3 aromatic rings. The lowest BCUT2D eigenvalue weighted by atomic mass is 10.1. The number of aromatic amines is 1. The highest BCUT2D eigenvalue weighted by molar-refractivity contribution is 6.05. The van der Waals surface area contributed by atoms with E-state index in [9.17, 15) is 4.79 Å². The van der Waals surface area contributed by atoms with Crippen molar-refractivity contribution in [2.24, 2.45) is 0 Å². The SMILES string of the molecule is O=C(Nc1[nH]ncc1-c1ccncc1)c1ccccc1. The second-order valence-corrected chi connectivity index (χ2v) is 4.21. The second-order valence-electron chi connectivity index (χ2n) is 4.21. The van der Waals surface area contributed by atoms with Crippen LogP contribution in [0, 0.1) is 0 Å². The number of nitrogens with one attached hydrogen (secondary N) is 2. The van der Waals surface area contributed by atoms with Gasteiger partial charge in [-0.2, -0.15) is 5.10 Å². The summed E-state index contributed by atoms with van der Waals surface area (Å²) in [7, 11) is 0. The van der Waals surface area contributed by atoms with E-state index in [4.69, 9.17) is 0 Å². The Hall–Kier alpha value is -2.95. The van der Waals surface area contributed by atoms with Crippen molar-refractivity contribution in [1.82, 2.24) is 15.2 Å². The lowest BCUT2D eigenvalue weighted by molar-refractivity contribution is 0.102. The fraction of sp³-hybridized carbons (Fsp3) is 0. The van der Waals surface area contributed by atoms with Crippen LogP contribution in [-0.2, 0) is 0 Å². The van der Waals surface area contributed by atoms with Crippen LogP contribution in [0.25, 0.3) is 11.1 Å². The van der Waals surface area contributed by atoms with Gasteiger partial charge in [-0.1, -0.05) is 18.2 Å². The van der Waals surface area contributed by atoms with Crippen LogP contribution in [0.5, 0.6) is 0 Å². The van der Waals surface area contributed by atoms with E-state index in [1.165, 1.54) is 0 Å². The summed E-state index contributed by atoms with van der Waals surface area (Å²) in [6, 6.07) is 12.8. The summed E-state index contributed by atoms with van der Waals surface area (Å²) in [6.45, 7) is 0. The lowest BCUT2D eigenvalue weighted by Gasteiger charge is -2.05. The van der Waals surface area contributed by atoms with E-state index in [0.717, 1.165) is 11.1 Å². The van der Waals surface area contributed by atoms with Gasteiger partial charge < -0.3 is 5.32 Å². The highest BCUT2D eigenvalue weighted by Gasteiger charge is 2.11. The van der Waals surface area contributed by atoms with Gasteiger partial charge in [0.05, 0.1) is 6.20 Å². The first-order valence-corrected chi connectivity index (χ1v) is 6.15. The Morgan fingerprint density at radius 3 is 2.55 bits per heavy atom. The molecule has 20 heavy (non-hydrogen) atoms. The number of carbonyl (C=O) groups excluding carboxylic acids is 1. The van der Waals surface area contributed by atoms with E-state index in [-0.39, 0.29) is 5.91 Å². The van der Waals surface area contributed by atoms with Gasteiger partial charge in [0.1, 0.15) is 5.82 Å². The molecule has 2 N–H and O–H groups in total. The molecule has 0 aliphatic rings. The Morgan fingerprint density at radius 2 is 1.80 bits per heavy atom. The van der Waals surface area contributed by atoms with Gasteiger partial charge >= 0.3 is 0 Å². The molecular formula is C15H12N4O. The first kappa shape index (κ1) is 12.1. The Balaban J connectivity index is 1.86. The predicted molar refractivity (Wildman–Crippen MR) is 76.2 cm³/mol. The summed E-state index contributed by atoms with van der Waals surface area (Å²) < 4.78 is 0. The molecule has 98 valence electrons. The number of aromatic nitrogens is 3. The minimum absolute atomic E-state index is 0.176. The average molecular weight is 264 g/mol. The summed E-state index contributed by atoms with van der Waals surface area (Å²) in [6.07, 6.45) is 5.08. The number of amides is 1. The van der Waals surface area contributed by atoms with Crippen LogP contribution in [0.1, 0.15) is 10.4 Å².